The van der Waals surface area contributed by atoms with E-state index >= 15 is 0 Å². The summed E-state index contributed by atoms with van der Waals surface area (Å²) in [4.78, 5) is 26.1. The maximum Gasteiger partial charge on any atom is 0.278 e. The van der Waals surface area contributed by atoms with Crippen molar-refractivity contribution in [3.05, 3.63) is 71.4 Å². The molecule has 2 aromatic rings. The number of anilines is 1. The van der Waals surface area contributed by atoms with Gasteiger partial charge in [-0.25, -0.2) is 8.78 Å². The van der Waals surface area contributed by atoms with Crippen LogP contribution in [0, 0.1) is 11.6 Å². The molecule has 4 nitrogen and oxygen atoms in total. The van der Waals surface area contributed by atoms with E-state index in [4.69, 9.17) is 0 Å². The predicted molar refractivity (Wildman–Crippen MR) is 85.7 cm³/mol. The molecule has 0 aromatic heterocycles. The number of carbonyl (C=O) groups is 2. The van der Waals surface area contributed by atoms with Crippen LogP contribution in [0.1, 0.15) is 12.5 Å². The third-order valence-corrected chi connectivity index (χ3v) is 3.74. The largest absolute Gasteiger partial charge is 0.350 e. The van der Waals surface area contributed by atoms with Crippen LogP contribution in [0.5, 0.6) is 0 Å². The lowest BCUT2D eigenvalue weighted by Gasteiger charge is -2.12. The smallest absolute Gasteiger partial charge is 0.278 e. The fourth-order valence-corrected chi connectivity index (χ4v) is 2.57. The van der Waals surface area contributed by atoms with E-state index in [-0.39, 0.29) is 23.5 Å². The van der Waals surface area contributed by atoms with Crippen molar-refractivity contribution < 1.29 is 18.4 Å². The lowest BCUT2D eigenvalue weighted by molar-refractivity contribution is -0.136. The van der Waals surface area contributed by atoms with Crippen LogP contribution in [0.3, 0.4) is 0 Å². The van der Waals surface area contributed by atoms with Gasteiger partial charge in [0.1, 0.15) is 5.70 Å². The highest BCUT2D eigenvalue weighted by Crippen LogP contribution is 2.30. The molecule has 1 aliphatic rings. The Balaban J connectivity index is 2.08. The van der Waals surface area contributed by atoms with E-state index in [0.29, 0.717) is 5.56 Å². The number of carbonyl (C=O) groups excluding carboxylic acids is 2. The van der Waals surface area contributed by atoms with Crippen molar-refractivity contribution in [2.24, 2.45) is 0 Å². The van der Waals surface area contributed by atoms with Gasteiger partial charge in [-0.15, -0.1) is 0 Å². The third-order valence-electron chi connectivity index (χ3n) is 3.74. The Morgan fingerprint density at radius 2 is 1.67 bits per heavy atom. The minimum absolute atomic E-state index is 0.0547. The molecule has 0 bridgehead atoms. The molecule has 1 aliphatic heterocycles. The Kier molecular flexibility index (Phi) is 4.12. The quantitative estimate of drug-likeness (QED) is 0.877. The second kappa shape index (κ2) is 6.23. The van der Waals surface area contributed by atoms with Gasteiger partial charge in [-0.1, -0.05) is 30.3 Å². The summed E-state index contributed by atoms with van der Waals surface area (Å²) in [5, 5.41) is 2.76. The zero-order valence-electron chi connectivity index (χ0n) is 12.8. The monoisotopic (exact) mass is 328 g/mol. The molecular formula is C18H14F2N2O2. The minimum Gasteiger partial charge on any atom is -0.350 e. The van der Waals surface area contributed by atoms with Crippen molar-refractivity contribution in [3.8, 4) is 0 Å². The Morgan fingerprint density at radius 1 is 0.958 bits per heavy atom. The Morgan fingerprint density at radius 3 is 2.29 bits per heavy atom. The van der Waals surface area contributed by atoms with E-state index in [1.54, 1.807) is 37.3 Å². The first-order valence-corrected chi connectivity index (χ1v) is 7.41. The van der Waals surface area contributed by atoms with Gasteiger partial charge in [0.05, 0.1) is 5.57 Å². The highest BCUT2D eigenvalue weighted by atomic mass is 19.2. The van der Waals surface area contributed by atoms with Crippen LogP contribution >= 0.6 is 0 Å². The number of likely N-dealkylation sites (N-methyl/N-ethyl adjacent to an activating group) is 1. The van der Waals surface area contributed by atoms with Crippen LogP contribution in [0.25, 0.3) is 5.57 Å². The summed E-state index contributed by atoms with van der Waals surface area (Å²) in [5.41, 5.74) is 1.04. The van der Waals surface area contributed by atoms with Gasteiger partial charge < -0.3 is 5.32 Å². The fraction of sp³-hybridized carbons (Fsp3) is 0.111. The van der Waals surface area contributed by atoms with Gasteiger partial charge >= 0.3 is 0 Å². The van der Waals surface area contributed by atoms with E-state index in [2.05, 4.69) is 5.32 Å². The standard InChI is InChI=1S/C18H14F2N2O2/c1-2-22-17(23)15(11-6-4-3-5-7-11)16(18(22)24)21-12-8-9-13(19)14(20)10-12/h3-10,21H,2H2,1H3. The van der Waals surface area contributed by atoms with E-state index < -0.39 is 23.4 Å². The highest BCUT2D eigenvalue weighted by Gasteiger charge is 2.38. The topological polar surface area (TPSA) is 49.4 Å². The predicted octanol–water partition coefficient (Wildman–Crippen LogP) is 3.18. The molecule has 0 radical (unpaired) electrons. The lowest BCUT2D eigenvalue weighted by Crippen LogP contribution is -2.32. The summed E-state index contributed by atoms with van der Waals surface area (Å²) in [6, 6.07) is 11.9. The summed E-state index contributed by atoms with van der Waals surface area (Å²) >= 11 is 0. The fourth-order valence-electron chi connectivity index (χ4n) is 2.57. The molecule has 0 saturated heterocycles. The summed E-state index contributed by atoms with van der Waals surface area (Å²) in [7, 11) is 0. The molecular weight excluding hydrogens is 314 g/mol. The van der Waals surface area contributed by atoms with Gasteiger partial charge in [0.2, 0.25) is 0 Å². The maximum absolute atomic E-state index is 13.4. The number of hydrogen-bond donors (Lipinski definition) is 1. The zero-order valence-corrected chi connectivity index (χ0v) is 12.8. The number of nitrogens with one attached hydrogen (secondary N) is 1. The molecule has 6 heteroatoms. The van der Waals surface area contributed by atoms with Crippen molar-refractivity contribution in [2.45, 2.75) is 6.92 Å². The van der Waals surface area contributed by atoms with Gasteiger partial charge in [0.25, 0.3) is 11.8 Å². The van der Waals surface area contributed by atoms with Crippen LogP contribution in [-0.2, 0) is 9.59 Å². The van der Waals surface area contributed by atoms with E-state index in [1.807, 2.05) is 0 Å². The first-order chi connectivity index (χ1) is 11.5. The van der Waals surface area contributed by atoms with Gasteiger partial charge in [-0.3, -0.25) is 14.5 Å². The van der Waals surface area contributed by atoms with Gasteiger partial charge in [-0.05, 0) is 24.6 Å². The number of amides is 2. The van der Waals surface area contributed by atoms with Crippen LogP contribution in [0.15, 0.2) is 54.2 Å². The summed E-state index contributed by atoms with van der Waals surface area (Å²) in [6.07, 6.45) is 0. The number of halogens is 2. The molecule has 0 saturated carbocycles. The van der Waals surface area contributed by atoms with Gasteiger partial charge in [0.15, 0.2) is 11.6 Å². The molecule has 0 fully saturated rings. The maximum atomic E-state index is 13.4. The van der Waals surface area contributed by atoms with E-state index in [0.717, 1.165) is 17.0 Å². The van der Waals surface area contributed by atoms with Crippen molar-refractivity contribution in [1.82, 2.24) is 4.90 Å². The zero-order chi connectivity index (χ0) is 17.3. The Bertz CT molecular complexity index is 847. The normalized spacial score (nSPS) is 14.5. The summed E-state index contributed by atoms with van der Waals surface area (Å²) in [5.74, 6) is -2.93. The number of nitrogens with zero attached hydrogens (tertiary/aromatic N) is 1. The van der Waals surface area contributed by atoms with Crippen molar-refractivity contribution in [2.75, 3.05) is 11.9 Å². The molecule has 0 aliphatic carbocycles. The second-order valence-corrected chi connectivity index (χ2v) is 5.22. The molecule has 1 N–H and O–H groups in total. The van der Waals surface area contributed by atoms with Crippen LogP contribution < -0.4 is 5.32 Å². The van der Waals surface area contributed by atoms with Gasteiger partial charge in [0, 0.05) is 18.3 Å². The van der Waals surface area contributed by atoms with E-state index in [1.165, 1.54) is 6.07 Å². The van der Waals surface area contributed by atoms with Gasteiger partial charge in [-0.2, -0.15) is 0 Å². The molecule has 0 atom stereocenters. The van der Waals surface area contributed by atoms with E-state index in [9.17, 15) is 18.4 Å². The SMILES string of the molecule is CCN1C(=O)C(Nc2ccc(F)c(F)c2)=C(c2ccccc2)C1=O. The molecule has 0 spiro atoms. The molecule has 24 heavy (non-hydrogen) atoms. The first kappa shape index (κ1) is 15.9. The van der Waals surface area contributed by atoms with Crippen molar-refractivity contribution in [3.63, 3.8) is 0 Å². The molecule has 2 aromatic carbocycles. The lowest BCUT2D eigenvalue weighted by atomic mass is 10.0. The van der Waals surface area contributed by atoms with Crippen LogP contribution in [0.2, 0.25) is 0 Å². The Labute approximate surface area is 137 Å². The van der Waals surface area contributed by atoms with Crippen LogP contribution in [0.4, 0.5) is 14.5 Å². The third kappa shape index (κ3) is 2.67. The number of imide groups is 1. The molecule has 1 heterocycles. The summed E-state index contributed by atoms with van der Waals surface area (Å²) in [6.45, 7) is 1.91. The molecule has 0 unspecified atom stereocenters. The minimum atomic E-state index is -1.04. The molecule has 3 rings (SSSR count). The molecule has 2 amide bonds. The van der Waals surface area contributed by atoms with Crippen LogP contribution in [-0.4, -0.2) is 23.3 Å². The van der Waals surface area contributed by atoms with Crippen molar-refractivity contribution in [1.29, 1.82) is 0 Å². The number of rotatable bonds is 4. The Hall–Kier alpha value is -3.02. The summed E-state index contributed by atoms with van der Waals surface area (Å²) < 4.78 is 26.5. The van der Waals surface area contributed by atoms with Crippen molar-refractivity contribution >= 4 is 23.1 Å². The average Bonchev–Trinajstić information content (AvgIpc) is 2.82. The number of benzene rings is 2. The highest BCUT2D eigenvalue weighted by molar-refractivity contribution is 6.36. The average molecular weight is 328 g/mol. The second-order valence-electron chi connectivity index (χ2n) is 5.22. The first-order valence-electron chi connectivity index (χ1n) is 7.41. The molecule has 122 valence electrons. The number of hydrogen-bond acceptors (Lipinski definition) is 3.